The predicted octanol–water partition coefficient (Wildman–Crippen LogP) is 4.05. The van der Waals surface area contributed by atoms with Crippen LogP contribution in [0.15, 0.2) is 54.6 Å². The molecule has 7 heteroatoms. The third-order valence-corrected chi connectivity index (χ3v) is 3.86. The fourth-order valence-corrected chi connectivity index (χ4v) is 2.54. The summed E-state index contributed by atoms with van der Waals surface area (Å²) in [4.78, 5) is 32.3. The lowest BCUT2D eigenvalue weighted by Gasteiger charge is -2.10. The van der Waals surface area contributed by atoms with Crippen molar-refractivity contribution in [1.82, 2.24) is 9.97 Å². The average molecular weight is 375 g/mol. The zero-order valence-electron chi connectivity index (χ0n) is 15.9. The molecule has 7 nitrogen and oxygen atoms in total. The summed E-state index contributed by atoms with van der Waals surface area (Å²) in [6, 6.07) is 16.3. The fourth-order valence-electron chi connectivity index (χ4n) is 2.54. The minimum absolute atomic E-state index is 0.132. The van der Waals surface area contributed by atoms with E-state index in [0.29, 0.717) is 23.0 Å². The minimum Gasteiger partial charge on any atom is -0.326 e. The molecule has 0 atom stereocenters. The third kappa shape index (κ3) is 5.14. The summed E-state index contributed by atoms with van der Waals surface area (Å²) in [5.41, 5.74) is 4.19. The number of hydrogen-bond acceptors (Lipinski definition) is 5. The van der Waals surface area contributed by atoms with Crippen molar-refractivity contribution in [3.63, 3.8) is 0 Å². The third-order valence-electron chi connectivity index (χ3n) is 3.86. The van der Waals surface area contributed by atoms with Gasteiger partial charge in [0, 0.05) is 29.7 Å². The van der Waals surface area contributed by atoms with Crippen LogP contribution < -0.4 is 16.0 Å². The van der Waals surface area contributed by atoms with E-state index in [1.165, 1.54) is 6.92 Å². The summed E-state index contributed by atoms with van der Waals surface area (Å²) in [5, 5.41) is 8.61. The van der Waals surface area contributed by atoms with Crippen molar-refractivity contribution in [2.24, 2.45) is 0 Å². The van der Waals surface area contributed by atoms with Gasteiger partial charge in [-0.25, -0.2) is 9.97 Å². The van der Waals surface area contributed by atoms with Crippen LogP contribution in [0.25, 0.3) is 0 Å². The first-order valence-electron chi connectivity index (χ1n) is 8.77. The summed E-state index contributed by atoms with van der Waals surface area (Å²) in [5.74, 6) is -0.119. The molecule has 0 aliphatic carbocycles. The smallest absolute Gasteiger partial charge is 0.274 e. The molecule has 1 heterocycles. The van der Waals surface area contributed by atoms with Crippen LogP contribution in [0.1, 0.15) is 28.7 Å². The maximum atomic E-state index is 12.5. The normalized spacial score (nSPS) is 10.2. The molecule has 0 aliphatic heterocycles. The van der Waals surface area contributed by atoms with Crippen molar-refractivity contribution in [2.75, 3.05) is 16.0 Å². The molecule has 0 fully saturated rings. The van der Waals surface area contributed by atoms with E-state index in [-0.39, 0.29) is 17.5 Å². The van der Waals surface area contributed by atoms with Crippen LogP contribution in [0, 0.1) is 13.8 Å². The second-order valence-electron chi connectivity index (χ2n) is 6.42. The molecule has 0 saturated carbocycles. The van der Waals surface area contributed by atoms with Gasteiger partial charge < -0.3 is 16.0 Å². The first-order chi connectivity index (χ1) is 13.4. The molecule has 3 rings (SSSR count). The highest BCUT2D eigenvalue weighted by atomic mass is 16.2. The fraction of sp³-hybridized carbons (Fsp3) is 0.143. The monoisotopic (exact) mass is 375 g/mol. The van der Waals surface area contributed by atoms with E-state index < -0.39 is 0 Å². The number of rotatable bonds is 5. The Hall–Kier alpha value is -3.74. The Bertz CT molecular complexity index is 998. The number of aryl methyl sites for hydroxylation is 2. The Labute approximate surface area is 163 Å². The second kappa shape index (κ2) is 8.30. The van der Waals surface area contributed by atoms with E-state index >= 15 is 0 Å². The van der Waals surface area contributed by atoms with Gasteiger partial charge in [0.2, 0.25) is 11.9 Å². The lowest BCUT2D eigenvalue weighted by atomic mass is 10.2. The number of carbonyl (C=O) groups excluding carboxylic acids is 2. The molecule has 0 radical (unpaired) electrons. The van der Waals surface area contributed by atoms with Crippen LogP contribution in [0.5, 0.6) is 0 Å². The largest absolute Gasteiger partial charge is 0.326 e. The molecule has 142 valence electrons. The molecule has 3 N–H and O–H groups in total. The van der Waals surface area contributed by atoms with Gasteiger partial charge in [-0.3, -0.25) is 9.59 Å². The van der Waals surface area contributed by atoms with Crippen molar-refractivity contribution in [2.45, 2.75) is 20.8 Å². The highest BCUT2D eigenvalue weighted by molar-refractivity contribution is 6.03. The molecule has 0 saturated heterocycles. The van der Waals surface area contributed by atoms with Crippen molar-refractivity contribution in [3.05, 3.63) is 71.5 Å². The maximum absolute atomic E-state index is 12.5. The Morgan fingerprint density at radius 3 is 2.00 bits per heavy atom. The minimum atomic E-state index is -0.307. The van der Waals surface area contributed by atoms with Crippen LogP contribution in [0.3, 0.4) is 0 Å². The van der Waals surface area contributed by atoms with Crippen LogP contribution in [0.2, 0.25) is 0 Å². The van der Waals surface area contributed by atoms with E-state index in [1.54, 1.807) is 37.3 Å². The number of nitrogens with one attached hydrogen (secondary N) is 3. The first kappa shape index (κ1) is 19.0. The summed E-state index contributed by atoms with van der Waals surface area (Å²) >= 11 is 0. The zero-order chi connectivity index (χ0) is 20.1. The number of nitrogens with zero attached hydrogens (tertiary/aromatic N) is 2. The van der Waals surface area contributed by atoms with Gasteiger partial charge in [0.1, 0.15) is 5.69 Å². The molecule has 0 unspecified atom stereocenters. The van der Waals surface area contributed by atoms with Crippen LogP contribution >= 0.6 is 0 Å². The van der Waals surface area contributed by atoms with Gasteiger partial charge in [-0.2, -0.15) is 0 Å². The van der Waals surface area contributed by atoms with Gasteiger partial charge in [0.15, 0.2) is 0 Å². The molecule has 1 aromatic heterocycles. The molecule has 3 aromatic rings. The van der Waals surface area contributed by atoms with Crippen molar-refractivity contribution < 1.29 is 9.59 Å². The Morgan fingerprint density at radius 1 is 0.786 bits per heavy atom. The number of anilines is 4. The Kier molecular flexibility index (Phi) is 5.64. The summed E-state index contributed by atoms with van der Waals surface area (Å²) in [6.07, 6.45) is 0. The molecule has 28 heavy (non-hydrogen) atoms. The van der Waals surface area contributed by atoms with Gasteiger partial charge in [0.05, 0.1) is 0 Å². The van der Waals surface area contributed by atoms with Crippen LogP contribution in [-0.4, -0.2) is 21.8 Å². The number of benzene rings is 2. The number of amides is 2. The van der Waals surface area contributed by atoms with E-state index in [1.807, 2.05) is 31.2 Å². The summed E-state index contributed by atoms with van der Waals surface area (Å²) < 4.78 is 0. The summed E-state index contributed by atoms with van der Waals surface area (Å²) in [6.45, 7) is 5.24. The lowest BCUT2D eigenvalue weighted by Crippen LogP contribution is -2.15. The highest BCUT2D eigenvalue weighted by Gasteiger charge is 2.11. The average Bonchev–Trinajstić information content (AvgIpc) is 2.64. The van der Waals surface area contributed by atoms with Crippen molar-refractivity contribution >= 4 is 34.8 Å². The van der Waals surface area contributed by atoms with E-state index in [4.69, 9.17) is 0 Å². The van der Waals surface area contributed by atoms with Gasteiger partial charge in [-0.15, -0.1) is 0 Å². The van der Waals surface area contributed by atoms with Crippen LogP contribution in [-0.2, 0) is 4.79 Å². The standard InChI is InChI=1S/C21H21N5O2/c1-13-4-6-17(7-5-13)24-20(28)19-12-14(2)22-21(26-19)25-18-10-8-16(9-11-18)23-15(3)27/h4-12H,1-3H3,(H,23,27)(H,24,28)(H,22,25,26). The zero-order valence-corrected chi connectivity index (χ0v) is 15.9. The molecule has 0 spiro atoms. The highest BCUT2D eigenvalue weighted by Crippen LogP contribution is 2.18. The van der Waals surface area contributed by atoms with Gasteiger partial charge >= 0.3 is 0 Å². The molecule has 2 aromatic carbocycles. The maximum Gasteiger partial charge on any atom is 0.274 e. The number of hydrogen-bond donors (Lipinski definition) is 3. The van der Waals surface area contributed by atoms with Gasteiger partial charge in [0.25, 0.3) is 5.91 Å². The first-order valence-corrected chi connectivity index (χ1v) is 8.77. The van der Waals surface area contributed by atoms with E-state index in [0.717, 1.165) is 11.3 Å². The van der Waals surface area contributed by atoms with Crippen molar-refractivity contribution in [3.8, 4) is 0 Å². The van der Waals surface area contributed by atoms with Gasteiger partial charge in [-0.1, -0.05) is 17.7 Å². The number of aromatic nitrogens is 2. The predicted molar refractivity (Wildman–Crippen MR) is 110 cm³/mol. The van der Waals surface area contributed by atoms with E-state index in [2.05, 4.69) is 25.9 Å². The van der Waals surface area contributed by atoms with Gasteiger partial charge in [-0.05, 0) is 56.3 Å². The topological polar surface area (TPSA) is 96.0 Å². The number of carbonyl (C=O) groups is 2. The van der Waals surface area contributed by atoms with Crippen molar-refractivity contribution in [1.29, 1.82) is 0 Å². The molecule has 0 bridgehead atoms. The summed E-state index contributed by atoms with van der Waals surface area (Å²) in [7, 11) is 0. The SMILES string of the molecule is CC(=O)Nc1ccc(Nc2nc(C)cc(C(=O)Nc3ccc(C)cc3)n2)cc1. The lowest BCUT2D eigenvalue weighted by molar-refractivity contribution is -0.114. The Balaban J connectivity index is 1.74. The quantitative estimate of drug-likeness (QED) is 0.625. The van der Waals surface area contributed by atoms with Crippen LogP contribution in [0.4, 0.5) is 23.0 Å². The Morgan fingerprint density at radius 2 is 1.36 bits per heavy atom. The second-order valence-corrected chi connectivity index (χ2v) is 6.42. The molecule has 2 amide bonds. The molecular formula is C21H21N5O2. The molecular weight excluding hydrogens is 354 g/mol. The van der Waals surface area contributed by atoms with E-state index in [9.17, 15) is 9.59 Å². The molecule has 0 aliphatic rings.